The summed E-state index contributed by atoms with van der Waals surface area (Å²) in [7, 11) is 1.76. The molecule has 1 atom stereocenters. The van der Waals surface area contributed by atoms with Gasteiger partial charge < -0.3 is 14.7 Å². The largest absolute Gasteiger partial charge is 0.481 e. The molecule has 0 aromatic heterocycles. The third-order valence-electron chi connectivity index (χ3n) is 4.24. The van der Waals surface area contributed by atoms with Crippen molar-refractivity contribution >= 4 is 11.9 Å². The number of carboxylic acid groups (broad SMARTS) is 1. The SMILES string of the molecule is CN(CC1CCOC1)C(=O)CC1(C(=O)O)CCC1. The Kier molecular flexibility index (Phi) is 3.90. The number of carbonyl (C=O) groups is 2. The molecule has 102 valence electrons. The third kappa shape index (κ3) is 2.66. The van der Waals surface area contributed by atoms with Gasteiger partial charge in [-0.3, -0.25) is 9.59 Å². The summed E-state index contributed by atoms with van der Waals surface area (Å²) in [5.41, 5.74) is -0.780. The van der Waals surface area contributed by atoms with Crippen LogP contribution in [0, 0.1) is 11.3 Å². The average molecular weight is 255 g/mol. The summed E-state index contributed by atoms with van der Waals surface area (Å²) < 4.78 is 5.28. The van der Waals surface area contributed by atoms with E-state index in [-0.39, 0.29) is 12.3 Å². The first kappa shape index (κ1) is 13.3. The fourth-order valence-corrected chi connectivity index (χ4v) is 2.71. The molecule has 1 aliphatic heterocycles. The first-order chi connectivity index (χ1) is 8.53. The predicted octanol–water partition coefficient (Wildman–Crippen LogP) is 1.13. The van der Waals surface area contributed by atoms with Gasteiger partial charge in [0.25, 0.3) is 0 Å². The number of nitrogens with zero attached hydrogens (tertiary/aromatic N) is 1. The molecule has 1 saturated heterocycles. The first-order valence-corrected chi connectivity index (χ1v) is 6.59. The van der Waals surface area contributed by atoms with E-state index in [0.717, 1.165) is 19.4 Å². The topological polar surface area (TPSA) is 66.8 Å². The maximum atomic E-state index is 12.1. The average Bonchev–Trinajstić information content (AvgIpc) is 2.75. The Labute approximate surface area is 107 Å². The molecule has 5 heteroatoms. The Bertz CT molecular complexity index is 332. The van der Waals surface area contributed by atoms with E-state index in [2.05, 4.69) is 0 Å². The van der Waals surface area contributed by atoms with E-state index < -0.39 is 11.4 Å². The van der Waals surface area contributed by atoms with Crippen molar-refractivity contribution in [1.82, 2.24) is 4.90 Å². The molecule has 2 aliphatic rings. The lowest BCUT2D eigenvalue weighted by molar-refractivity contribution is -0.159. The van der Waals surface area contributed by atoms with Crippen LogP contribution in [0.25, 0.3) is 0 Å². The van der Waals surface area contributed by atoms with Gasteiger partial charge in [-0.1, -0.05) is 6.42 Å². The lowest BCUT2D eigenvalue weighted by Crippen LogP contribution is -2.43. The maximum absolute atomic E-state index is 12.1. The van der Waals surface area contributed by atoms with Gasteiger partial charge in [-0.05, 0) is 19.3 Å². The standard InChI is InChI=1S/C13H21NO4/c1-14(8-10-3-6-18-9-10)11(15)7-13(12(16)17)4-2-5-13/h10H,2-9H2,1H3,(H,16,17). The smallest absolute Gasteiger partial charge is 0.310 e. The second kappa shape index (κ2) is 5.26. The second-order valence-corrected chi connectivity index (χ2v) is 5.62. The van der Waals surface area contributed by atoms with E-state index in [1.54, 1.807) is 11.9 Å². The highest BCUT2D eigenvalue weighted by molar-refractivity contribution is 5.85. The van der Waals surface area contributed by atoms with Crippen LogP contribution < -0.4 is 0 Å². The van der Waals surface area contributed by atoms with E-state index in [9.17, 15) is 14.7 Å². The summed E-state index contributed by atoms with van der Waals surface area (Å²) in [6.07, 6.45) is 3.32. The van der Waals surface area contributed by atoms with Crippen molar-refractivity contribution in [3.05, 3.63) is 0 Å². The fourth-order valence-electron chi connectivity index (χ4n) is 2.71. The summed E-state index contributed by atoms with van der Waals surface area (Å²) in [5, 5.41) is 9.21. The van der Waals surface area contributed by atoms with Crippen molar-refractivity contribution < 1.29 is 19.4 Å². The highest BCUT2D eigenvalue weighted by Crippen LogP contribution is 2.44. The zero-order valence-corrected chi connectivity index (χ0v) is 10.9. The van der Waals surface area contributed by atoms with E-state index >= 15 is 0 Å². The van der Waals surface area contributed by atoms with Crippen LogP contribution in [0.5, 0.6) is 0 Å². The van der Waals surface area contributed by atoms with Crippen molar-refractivity contribution in [2.45, 2.75) is 32.1 Å². The summed E-state index contributed by atoms with van der Waals surface area (Å²) in [4.78, 5) is 24.9. The first-order valence-electron chi connectivity index (χ1n) is 6.59. The molecule has 0 aromatic carbocycles. The number of amides is 1. The van der Waals surface area contributed by atoms with E-state index in [1.807, 2.05) is 0 Å². The van der Waals surface area contributed by atoms with Crippen LogP contribution in [-0.2, 0) is 14.3 Å². The van der Waals surface area contributed by atoms with E-state index in [1.165, 1.54) is 0 Å². The molecule has 1 amide bonds. The molecule has 0 aromatic rings. The van der Waals surface area contributed by atoms with Gasteiger partial charge in [0.2, 0.25) is 5.91 Å². The van der Waals surface area contributed by atoms with Crippen LogP contribution in [-0.4, -0.2) is 48.7 Å². The van der Waals surface area contributed by atoms with Crippen molar-refractivity contribution in [3.63, 3.8) is 0 Å². The molecule has 2 fully saturated rings. The number of aliphatic carboxylic acids is 1. The van der Waals surface area contributed by atoms with Crippen LogP contribution in [0.3, 0.4) is 0 Å². The molecular formula is C13H21NO4. The van der Waals surface area contributed by atoms with Gasteiger partial charge in [0.1, 0.15) is 0 Å². The molecule has 1 aliphatic carbocycles. The van der Waals surface area contributed by atoms with Gasteiger partial charge in [-0.25, -0.2) is 0 Å². The highest BCUT2D eigenvalue weighted by atomic mass is 16.5. The summed E-state index contributed by atoms with van der Waals surface area (Å²) in [5.74, 6) is -0.468. The molecule has 18 heavy (non-hydrogen) atoms. The summed E-state index contributed by atoms with van der Waals surface area (Å²) in [6.45, 7) is 2.15. The van der Waals surface area contributed by atoms with Crippen LogP contribution >= 0.6 is 0 Å². The minimum absolute atomic E-state index is 0.0519. The molecule has 0 bridgehead atoms. The van der Waals surface area contributed by atoms with Crippen LogP contribution in [0.15, 0.2) is 0 Å². The Morgan fingerprint density at radius 2 is 2.17 bits per heavy atom. The van der Waals surface area contributed by atoms with E-state index in [4.69, 9.17) is 4.74 Å². The highest BCUT2D eigenvalue weighted by Gasteiger charge is 2.46. The Balaban J connectivity index is 1.84. The zero-order valence-electron chi connectivity index (χ0n) is 10.9. The minimum Gasteiger partial charge on any atom is -0.481 e. The molecule has 5 nitrogen and oxygen atoms in total. The van der Waals surface area contributed by atoms with Crippen molar-refractivity contribution in [2.24, 2.45) is 11.3 Å². The minimum atomic E-state index is -0.820. The van der Waals surface area contributed by atoms with Crippen molar-refractivity contribution in [3.8, 4) is 0 Å². The zero-order chi connectivity index (χ0) is 13.2. The van der Waals surface area contributed by atoms with Crippen LogP contribution in [0.2, 0.25) is 0 Å². The van der Waals surface area contributed by atoms with Gasteiger partial charge in [0.15, 0.2) is 0 Å². The molecule has 0 spiro atoms. The quantitative estimate of drug-likeness (QED) is 0.799. The van der Waals surface area contributed by atoms with Gasteiger partial charge in [0, 0.05) is 32.5 Å². The number of hydrogen-bond acceptors (Lipinski definition) is 3. The lowest BCUT2D eigenvalue weighted by atomic mass is 9.66. The number of hydrogen-bond donors (Lipinski definition) is 1. The number of carbonyl (C=O) groups excluding carboxylic acids is 1. The second-order valence-electron chi connectivity index (χ2n) is 5.62. The fraction of sp³-hybridized carbons (Fsp3) is 0.846. The number of carboxylic acids is 1. The summed E-state index contributed by atoms with van der Waals surface area (Å²) in [6, 6.07) is 0. The molecule has 2 rings (SSSR count). The monoisotopic (exact) mass is 255 g/mol. The van der Waals surface area contributed by atoms with E-state index in [0.29, 0.717) is 31.9 Å². The lowest BCUT2D eigenvalue weighted by Gasteiger charge is -2.38. The van der Waals surface area contributed by atoms with Crippen molar-refractivity contribution in [1.29, 1.82) is 0 Å². The molecular weight excluding hydrogens is 234 g/mol. The normalized spacial score (nSPS) is 25.5. The molecule has 1 N–H and O–H groups in total. The number of rotatable bonds is 5. The van der Waals surface area contributed by atoms with Gasteiger partial charge >= 0.3 is 5.97 Å². The van der Waals surface area contributed by atoms with Gasteiger partial charge in [-0.15, -0.1) is 0 Å². The van der Waals surface area contributed by atoms with Crippen LogP contribution in [0.1, 0.15) is 32.1 Å². The predicted molar refractivity (Wildman–Crippen MR) is 65.1 cm³/mol. The third-order valence-corrected chi connectivity index (χ3v) is 4.24. The Morgan fingerprint density at radius 3 is 2.61 bits per heavy atom. The van der Waals surface area contributed by atoms with Crippen molar-refractivity contribution in [2.75, 3.05) is 26.8 Å². The number of ether oxygens (including phenoxy) is 1. The molecule has 1 heterocycles. The summed E-state index contributed by atoms with van der Waals surface area (Å²) >= 11 is 0. The molecule has 1 unspecified atom stereocenters. The van der Waals surface area contributed by atoms with Crippen LogP contribution in [0.4, 0.5) is 0 Å². The molecule has 1 saturated carbocycles. The van der Waals surface area contributed by atoms with Gasteiger partial charge in [-0.2, -0.15) is 0 Å². The molecule has 0 radical (unpaired) electrons. The van der Waals surface area contributed by atoms with Gasteiger partial charge in [0.05, 0.1) is 12.0 Å². The Hall–Kier alpha value is -1.10. The Morgan fingerprint density at radius 1 is 1.44 bits per heavy atom. The maximum Gasteiger partial charge on any atom is 0.310 e.